The Balaban J connectivity index is 2.81. The average Bonchev–Trinajstić information content (AvgIpc) is 2.55. The van der Waals surface area contributed by atoms with E-state index in [-0.39, 0.29) is 0 Å². The van der Waals surface area contributed by atoms with Crippen LogP contribution in [0, 0.1) is 0 Å². The number of esters is 1. The van der Waals surface area contributed by atoms with Crippen molar-refractivity contribution in [3.8, 4) is 0 Å². The smallest absolute Gasteiger partial charge is 0.354 e. The van der Waals surface area contributed by atoms with Crippen molar-refractivity contribution < 1.29 is 14.6 Å². The van der Waals surface area contributed by atoms with Gasteiger partial charge < -0.3 is 20.1 Å². The molecule has 1 heterocycles. The summed E-state index contributed by atoms with van der Waals surface area (Å²) in [4.78, 5) is 11.3. The van der Waals surface area contributed by atoms with Gasteiger partial charge in [0.05, 0.1) is 18.9 Å². The molecule has 0 saturated heterocycles. The molecule has 0 spiro atoms. The maximum atomic E-state index is 11.3. The van der Waals surface area contributed by atoms with E-state index in [2.05, 4.69) is 4.74 Å². The van der Waals surface area contributed by atoms with Crippen molar-refractivity contribution >= 4 is 11.7 Å². The van der Waals surface area contributed by atoms with Gasteiger partial charge in [0.2, 0.25) is 0 Å². The molecule has 1 aromatic heterocycles. The van der Waals surface area contributed by atoms with Crippen LogP contribution >= 0.6 is 0 Å². The molecule has 0 bridgehead atoms. The van der Waals surface area contributed by atoms with Crippen LogP contribution in [0.25, 0.3) is 0 Å². The molecule has 0 amide bonds. The van der Waals surface area contributed by atoms with Gasteiger partial charge in [-0.3, -0.25) is 0 Å². The van der Waals surface area contributed by atoms with Gasteiger partial charge in [0, 0.05) is 12.7 Å². The fourth-order valence-corrected chi connectivity index (χ4v) is 1.32. The summed E-state index contributed by atoms with van der Waals surface area (Å²) in [6.45, 7) is 2.24. The third kappa shape index (κ3) is 2.99. The van der Waals surface area contributed by atoms with Crippen molar-refractivity contribution in [2.45, 2.75) is 26.0 Å². The summed E-state index contributed by atoms with van der Waals surface area (Å²) in [6.07, 6.45) is 1.83. The Morgan fingerprint density at radius 3 is 2.93 bits per heavy atom. The molecule has 0 aromatic carbocycles. The molecular formula is C10H16N2O3. The van der Waals surface area contributed by atoms with Gasteiger partial charge in [-0.15, -0.1) is 0 Å². The minimum Gasteiger partial charge on any atom is -0.464 e. The first-order chi connectivity index (χ1) is 7.04. The zero-order valence-electron chi connectivity index (χ0n) is 8.93. The lowest BCUT2D eigenvalue weighted by Crippen LogP contribution is -2.13. The molecular weight excluding hydrogens is 196 g/mol. The number of carbonyl (C=O) groups excluding carboxylic acids is 1. The van der Waals surface area contributed by atoms with Crippen molar-refractivity contribution in [2.24, 2.45) is 0 Å². The molecule has 1 atom stereocenters. The van der Waals surface area contributed by atoms with Crippen LogP contribution in [0.3, 0.4) is 0 Å². The van der Waals surface area contributed by atoms with Gasteiger partial charge >= 0.3 is 5.97 Å². The van der Waals surface area contributed by atoms with Gasteiger partial charge in [-0.25, -0.2) is 4.79 Å². The topological polar surface area (TPSA) is 77.5 Å². The standard InChI is InChI=1S/C10H16N2O3/c1-7(13)3-4-12-6-8(11)5-9(12)10(14)15-2/h5-7,13H,3-4,11H2,1-2H3. The molecule has 15 heavy (non-hydrogen) atoms. The number of ether oxygens (including phenoxy) is 1. The predicted molar refractivity (Wildman–Crippen MR) is 56.5 cm³/mol. The predicted octanol–water partition coefficient (Wildman–Crippen LogP) is 0.628. The second kappa shape index (κ2) is 4.84. The van der Waals surface area contributed by atoms with Crippen LogP contribution in [0.1, 0.15) is 23.8 Å². The van der Waals surface area contributed by atoms with Gasteiger partial charge in [0.1, 0.15) is 5.69 Å². The summed E-state index contributed by atoms with van der Waals surface area (Å²) in [5, 5.41) is 9.15. The fourth-order valence-electron chi connectivity index (χ4n) is 1.32. The number of aromatic nitrogens is 1. The zero-order valence-corrected chi connectivity index (χ0v) is 8.93. The zero-order chi connectivity index (χ0) is 11.4. The molecule has 3 N–H and O–H groups in total. The highest BCUT2D eigenvalue weighted by molar-refractivity contribution is 5.88. The highest BCUT2D eigenvalue weighted by Crippen LogP contribution is 2.12. The van der Waals surface area contributed by atoms with Crippen molar-refractivity contribution in [3.05, 3.63) is 18.0 Å². The molecule has 5 heteroatoms. The molecule has 84 valence electrons. The maximum absolute atomic E-state index is 11.3. The number of aryl methyl sites for hydroxylation is 1. The number of methoxy groups -OCH3 is 1. The molecule has 0 radical (unpaired) electrons. The molecule has 0 saturated carbocycles. The number of hydrogen-bond donors (Lipinski definition) is 2. The van der Waals surface area contributed by atoms with Crippen molar-refractivity contribution in [2.75, 3.05) is 12.8 Å². The lowest BCUT2D eigenvalue weighted by atomic mass is 10.3. The Labute approximate surface area is 88.4 Å². The Morgan fingerprint density at radius 1 is 1.73 bits per heavy atom. The molecule has 5 nitrogen and oxygen atoms in total. The van der Waals surface area contributed by atoms with Crippen molar-refractivity contribution in [1.29, 1.82) is 0 Å². The number of carbonyl (C=O) groups is 1. The lowest BCUT2D eigenvalue weighted by Gasteiger charge is -2.08. The molecule has 0 fully saturated rings. The molecule has 1 rings (SSSR count). The maximum Gasteiger partial charge on any atom is 0.354 e. The second-order valence-corrected chi connectivity index (χ2v) is 3.48. The van der Waals surface area contributed by atoms with E-state index in [9.17, 15) is 4.79 Å². The first kappa shape index (κ1) is 11.6. The first-order valence-corrected chi connectivity index (χ1v) is 4.76. The number of nitrogens with zero attached hydrogens (tertiary/aromatic N) is 1. The lowest BCUT2D eigenvalue weighted by molar-refractivity contribution is 0.0586. The summed E-state index contributed by atoms with van der Waals surface area (Å²) < 4.78 is 6.31. The minimum absolute atomic E-state index is 0.404. The van der Waals surface area contributed by atoms with Crippen LogP contribution in [0.15, 0.2) is 12.3 Å². The van der Waals surface area contributed by atoms with E-state index in [4.69, 9.17) is 10.8 Å². The average molecular weight is 212 g/mol. The van der Waals surface area contributed by atoms with E-state index in [1.807, 2.05) is 0 Å². The summed E-state index contributed by atoms with van der Waals surface area (Å²) in [5.74, 6) is -0.419. The van der Waals surface area contributed by atoms with Crippen molar-refractivity contribution in [3.63, 3.8) is 0 Å². The quantitative estimate of drug-likeness (QED) is 0.717. The molecule has 0 aliphatic carbocycles. The Bertz CT molecular complexity index is 344. The summed E-state index contributed by atoms with van der Waals surface area (Å²) in [5.41, 5.74) is 6.51. The van der Waals surface area contributed by atoms with E-state index in [0.29, 0.717) is 24.3 Å². The van der Waals surface area contributed by atoms with E-state index < -0.39 is 12.1 Å². The van der Waals surface area contributed by atoms with E-state index in [0.717, 1.165) is 0 Å². The molecule has 1 unspecified atom stereocenters. The third-order valence-corrected chi connectivity index (χ3v) is 2.10. The Morgan fingerprint density at radius 2 is 2.40 bits per heavy atom. The van der Waals surface area contributed by atoms with Gasteiger partial charge in [-0.1, -0.05) is 0 Å². The van der Waals surface area contributed by atoms with Crippen LogP contribution in [-0.4, -0.2) is 28.9 Å². The molecule has 0 aliphatic rings. The second-order valence-electron chi connectivity index (χ2n) is 3.48. The van der Waals surface area contributed by atoms with Gasteiger partial charge in [-0.05, 0) is 19.4 Å². The summed E-state index contributed by atoms with van der Waals surface area (Å²) >= 11 is 0. The van der Waals surface area contributed by atoms with E-state index in [1.54, 1.807) is 23.8 Å². The molecule has 0 aliphatic heterocycles. The number of aliphatic hydroxyl groups is 1. The Kier molecular flexibility index (Phi) is 3.74. The highest BCUT2D eigenvalue weighted by Gasteiger charge is 2.13. The van der Waals surface area contributed by atoms with Crippen LogP contribution in [-0.2, 0) is 11.3 Å². The number of hydrogen-bond acceptors (Lipinski definition) is 4. The fraction of sp³-hybridized carbons (Fsp3) is 0.500. The van der Waals surface area contributed by atoms with Crippen LogP contribution in [0.2, 0.25) is 0 Å². The van der Waals surface area contributed by atoms with E-state index in [1.165, 1.54) is 7.11 Å². The number of nitrogen functional groups attached to an aromatic ring is 1. The van der Waals surface area contributed by atoms with Crippen LogP contribution in [0.4, 0.5) is 5.69 Å². The normalized spacial score (nSPS) is 12.5. The van der Waals surface area contributed by atoms with Gasteiger partial charge in [0.15, 0.2) is 0 Å². The molecule has 1 aromatic rings. The first-order valence-electron chi connectivity index (χ1n) is 4.76. The highest BCUT2D eigenvalue weighted by atomic mass is 16.5. The van der Waals surface area contributed by atoms with Crippen LogP contribution in [0.5, 0.6) is 0 Å². The largest absolute Gasteiger partial charge is 0.464 e. The SMILES string of the molecule is COC(=O)c1cc(N)cn1CCC(C)O. The van der Waals surface area contributed by atoms with Gasteiger partial charge in [0.25, 0.3) is 0 Å². The van der Waals surface area contributed by atoms with Gasteiger partial charge in [-0.2, -0.15) is 0 Å². The number of nitrogens with two attached hydrogens (primary N) is 1. The minimum atomic E-state index is -0.419. The third-order valence-electron chi connectivity index (χ3n) is 2.10. The Hall–Kier alpha value is -1.49. The summed E-state index contributed by atoms with van der Waals surface area (Å²) in [7, 11) is 1.32. The summed E-state index contributed by atoms with van der Waals surface area (Å²) in [6, 6.07) is 1.56. The number of aliphatic hydroxyl groups excluding tert-OH is 1. The number of anilines is 1. The van der Waals surface area contributed by atoms with Crippen molar-refractivity contribution in [1.82, 2.24) is 4.57 Å². The monoisotopic (exact) mass is 212 g/mol. The van der Waals surface area contributed by atoms with E-state index >= 15 is 0 Å². The number of rotatable bonds is 4. The van der Waals surface area contributed by atoms with Crippen LogP contribution < -0.4 is 5.73 Å².